The summed E-state index contributed by atoms with van der Waals surface area (Å²) in [6, 6.07) is 1.55. The second-order valence-electron chi connectivity index (χ2n) is 4.74. The molecule has 1 saturated heterocycles. The molecule has 1 N–H and O–H groups in total. The Hall–Kier alpha value is -0.0800. The van der Waals surface area contributed by atoms with E-state index in [4.69, 9.17) is 4.74 Å². The van der Waals surface area contributed by atoms with E-state index in [2.05, 4.69) is 5.32 Å². The quantitative estimate of drug-likeness (QED) is 0.734. The molecule has 2 fully saturated rings. The van der Waals surface area contributed by atoms with E-state index < -0.39 is 0 Å². The second kappa shape index (κ2) is 5.72. The Labute approximate surface area is 87.4 Å². The van der Waals surface area contributed by atoms with Gasteiger partial charge in [-0.2, -0.15) is 0 Å². The lowest BCUT2D eigenvalue weighted by Crippen LogP contribution is -2.39. The molecule has 0 aromatic heterocycles. The predicted molar refractivity (Wildman–Crippen MR) is 58.5 cm³/mol. The maximum Gasteiger partial charge on any atom is 0.0480 e. The molecular formula is C12H23NO. The lowest BCUT2D eigenvalue weighted by atomic mass is 9.94. The van der Waals surface area contributed by atoms with Gasteiger partial charge in [0.05, 0.1) is 0 Å². The summed E-state index contributed by atoms with van der Waals surface area (Å²) < 4.78 is 5.47. The van der Waals surface area contributed by atoms with Gasteiger partial charge in [-0.15, -0.1) is 0 Å². The Kier molecular flexibility index (Phi) is 4.26. The monoisotopic (exact) mass is 197 g/mol. The number of nitrogens with one attached hydrogen (secondary N) is 1. The Morgan fingerprint density at radius 1 is 0.714 bits per heavy atom. The van der Waals surface area contributed by atoms with Gasteiger partial charge in [-0.1, -0.05) is 19.3 Å². The van der Waals surface area contributed by atoms with E-state index >= 15 is 0 Å². The van der Waals surface area contributed by atoms with Crippen molar-refractivity contribution < 1.29 is 4.74 Å². The van der Waals surface area contributed by atoms with Crippen LogP contribution in [0.2, 0.25) is 0 Å². The molecule has 0 radical (unpaired) electrons. The van der Waals surface area contributed by atoms with Crippen LogP contribution in [0.15, 0.2) is 0 Å². The molecular weight excluding hydrogens is 174 g/mol. The first-order valence-corrected chi connectivity index (χ1v) is 6.29. The average Bonchev–Trinajstić information content (AvgIpc) is 2.48. The molecule has 1 atom stereocenters. The predicted octanol–water partition coefficient (Wildman–Crippen LogP) is 2.48. The Morgan fingerprint density at radius 3 is 2.29 bits per heavy atom. The van der Waals surface area contributed by atoms with E-state index in [0.717, 1.165) is 25.3 Å². The molecule has 2 heteroatoms. The van der Waals surface area contributed by atoms with Crippen molar-refractivity contribution in [2.45, 2.75) is 63.5 Å². The Morgan fingerprint density at radius 2 is 1.43 bits per heavy atom. The van der Waals surface area contributed by atoms with Gasteiger partial charge in [0.1, 0.15) is 0 Å². The van der Waals surface area contributed by atoms with Gasteiger partial charge in [-0.3, -0.25) is 0 Å². The minimum atomic E-state index is 0.737. The molecule has 0 spiro atoms. The van der Waals surface area contributed by atoms with Crippen molar-refractivity contribution in [2.24, 2.45) is 0 Å². The third kappa shape index (κ3) is 3.25. The van der Waals surface area contributed by atoms with Gasteiger partial charge in [0, 0.05) is 25.3 Å². The first kappa shape index (κ1) is 10.4. The van der Waals surface area contributed by atoms with Crippen LogP contribution in [-0.2, 0) is 4.74 Å². The highest BCUT2D eigenvalue weighted by Gasteiger charge is 2.18. The number of hydrogen-bond donors (Lipinski definition) is 1. The SMILES string of the molecule is C1CCC(NC2CCCOCC2)CC1. The standard InChI is InChI=1S/C12H23NO/c1-2-5-11(6-3-1)13-12-7-4-9-14-10-8-12/h11-13H,1-10H2. The minimum Gasteiger partial charge on any atom is -0.381 e. The molecule has 2 aliphatic rings. The molecule has 2 nitrogen and oxygen atoms in total. The largest absolute Gasteiger partial charge is 0.381 e. The molecule has 0 amide bonds. The zero-order valence-corrected chi connectivity index (χ0v) is 9.13. The zero-order valence-electron chi connectivity index (χ0n) is 9.13. The van der Waals surface area contributed by atoms with E-state index in [-0.39, 0.29) is 0 Å². The van der Waals surface area contributed by atoms with Crippen molar-refractivity contribution in [1.29, 1.82) is 0 Å². The molecule has 1 aliphatic heterocycles. The van der Waals surface area contributed by atoms with Crippen LogP contribution >= 0.6 is 0 Å². The maximum atomic E-state index is 5.47. The van der Waals surface area contributed by atoms with Crippen molar-refractivity contribution in [1.82, 2.24) is 5.32 Å². The van der Waals surface area contributed by atoms with Crippen molar-refractivity contribution in [2.75, 3.05) is 13.2 Å². The number of hydrogen-bond acceptors (Lipinski definition) is 2. The summed E-state index contributed by atoms with van der Waals surface area (Å²) in [6.45, 7) is 1.94. The van der Waals surface area contributed by atoms with Gasteiger partial charge in [-0.05, 0) is 32.1 Å². The van der Waals surface area contributed by atoms with E-state index in [1.54, 1.807) is 0 Å². The third-order valence-corrected chi connectivity index (χ3v) is 3.53. The lowest BCUT2D eigenvalue weighted by molar-refractivity contribution is 0.142. The molecule has 14 heavy (non-hydrogen) atoms. The number of rotatable bonds is 2. The van der Waals surface area contributed by atoms with Crippen LogP contribution in [-0.4, -0.2) is 25.3 Å². The lowest BCUT2D eigenvalue weighted by Gasteiger charge is -2.27. The van der Waals surface area contributed by atoms with Gasteiger partial charge >= 0.3 is 0 Å². The summed E-state index contributed by atoms with van der Waals surface area (Å²) in [7, 11) is 0. The molecule has 0 bridgehead atoms. The highest BCUT2D eigenvalue weighted by atomic mass is 16.5. The average molecular weight is 197 g/mol. The van der Waals surface area contributed by atoms with Crippen LogP contribution in [0, 0.1) is 0 Å². The molecule has 1 aliphatic carbocycles. The topological polar surface area (TPSA) is 21.3 Å². The molecule has 0 aromatic carbocycles. The summed E-state index contributed by atoms with van der Waals surface area (Å²) in [5, 5.41) is 3.82. The fraction of sp³-hybridized carbons (Fsp3) is 1.00. The van der Waals surface area contributed by atoms with Gasteiger partial charge in [0.15, 0.2) is 0 Å². The van der Waals surface area contributed by atoms with Crippen molar-refractivity contribution in [3.05, 3.63) is 0 Å². The molecule has 82 valence electrons. The van der Waals surface area contributed by atoms with Gasteiger partial charge < -0.3 is 10.1 Å². The fourth-order valence-electron chi connectivity index (χ4n) is 2.67. The van der Waals surface area contributed by atoms with Gasteiger partial charge in [0.2, 0.25) is 0 Å². The molecule has 0 aromatic rings. The maximum absolute atomic E-state index is 5.47. The van der Waals surface area contributed by atoms with Crippen molar-refractivity contribution >= 4 is 0 Å². The minimum absolute atomic E-state index is 0.737. The first-order valence-electron chi connectivity index (χ1n) is 6.29. The zero-order chi connectivity index (χ0) is 9.64. The van der Waals surface area contributed by atoms with Gasteiger partial charge in [0.25, 0.3) is 0 Å². The second-order valence-corrected chi connectivity index (χ2v) is 4.74. The molecule has 2 rings (SSSR count). The molecule has 1 unspecified atom stereocenters. The smallest absolute Gasteiger partial charge is 0.0480 e. The summed E-state index contributed by atoms with van der Waals surface area (Å²) in [5.74, 6) is 0. The Balaban J connectivity index is 1.71. The van der Waals surface area contributed by atoms with Crippen LogP contribution in [0.4, 0.5) is 0 Å². The summed E-state index contributed by atoms with van der Waals surface area (Å²) in [5.41, 5.74) is 0. The van der Waals surface area contributed by atoms with Crippen LogP contribution < -0.4 is 5.32 Å². The first-order chi connectivity index (χ1) is 6.95. The highest BCUT2D eigenvalue weighted by molar-refractivity contribution is 4.78. The van der Waals surface area contributed by atoms with Crippen molar-refractivity contribution in [3.8, 4) is 0 Å². The summed E-state index contributed by atoms with van der Waals surface area (Å²) >= 11 is 0. The number of ether oxygens (including phenoxy) is 1. The van der Waals surface area contributed by atoms with Crippen LogP contribution in [0.5, 0.6) is 0 Å². The molecule has 1 saturated carbocycles. The van der Waals surface area contributed by atoms with E-state index in [1.807, 2.05) is 0 Å². The highest BCUT2D eigenvalue weighted by Crippen LogP contribution is 2.19. The van der Waals surface area contributed by atoms with E-state index in [9.17, 15) is 0 Å². The van der Waals surface area contributed by atoms with E-state index in [0.29, 0.717) is 0 Å². The summed E-state index contributed by atoms with van der Waals surface area (Å²) in [4.78, 5) is 0. The van der Waals surface area contributed by atoms with E-state index in [1.165, 1.54) is 51.4 Å². The Bertz CT molecular complexity index is 146. The fourth-order valence-corrected chi connectivity index (χ4v) is 2.67. The molecule has 1 heterocycles. The van der Waals surface area contributed by atoms with Crippen LogP contribution in [0.1, 0.15) is 51.4 Å². The normalized spacial score (nSPS) is 31.3. The van der Waals surface area contributed by atoms with Crippen LogP contribution in [0.3, 0.4) is 0 Å². The van der Waals surface area contributed by atoms with Gasteiger partial charge in [-0.25, -0.2) is 0 Å². The third-order valence-electron chi connectivity index (χ3n) is 3.53. The van der Waals surface area contributed by atoms with Crippen LogP contribution in [0.25, 0.3) is 0 Å². The summed E-state index contributed by atoms with van der Waals surface area (Å²) in [6.07, 6.45) is 10.9. The van der Waals surface area contributed by atoms with Crippen molar-refractivity contribution in [3.63, 3.8) is 0 Å².